The zero-order chi connectivity index (χ0) is 13.2. The van der Waals surface area contributed by atoms with E-state index in [1.54, 1.807) is 11.3 Å². The summed E-state index contributed by atoms with van der Waals surface area (Å²) in [6.45, 7) is 2.82. The SMILES string of the molecule is CCc1nnc(NC2CCOc3ccc(Br)cc32)s1. The predicted molar refractivity (Wildman–Crippen MR) is 79.9 cm³/mol. The molecule has 1 atom stereocenters. The van der Waals surface area contributed by atoms with Crippen LogP contribution in [0.1, 0.15) is 30.0 Å². The molecule has 0 spiro atoms. The number of ether oxygens (including phenoxy) is 1. The lowest BCUT2D eigenvalue weighted by molar-refractivity contribution is 0.274. The van der Waals surface area contributed by atoms with E-state index in [1.807, 2.05) is 12.1 Å². The lowest BCUT2D eigenvalue weighted by Crippen LogP contribution is -2.20. The molecule has 4 nitrogen and oxygen atoms in total. The molecule has 1 aliphatic heterocycles. The van der Waals surface area contributed by atoms with E-state index in [-0.39, 0.29) is 6.04 Å². The molecule has 1 N–H and O–H groups in total. The van der Waals surface area contributed by atoms with Gasteiger partial charge in [-0.15, -0.1) is 10.2 Å². The topological polar surface area (TPSA) is 47.0 Å². The van der Waals surface area contributed by atoms with Crippen molar-refractivity contribution >= 4 is 32.4 Å². The number of rotatable bonds is 3. The van der Waals surface area contributed by atoms with Crippen LogP contribution in [0.4, 0.5) is 5.13 Å². The van der Waals surface area contributed by atoms with Crippen molar-refractivity contribution in [2.24, 2.45) is 0 Å². The van der Waals surface area contributed by atoms with Crippen molar-refractivity contribution in [3.63, 3.8) is 0 Å². The predicted octanol–water partition coefficient (Wildman–Crippen LogP) is 3.80. The highest BCUT2D eigenvalue weighted by atomic mass is 79.9. The number of nitrogens with zero attached hydrogens (tertiary/aromatic N) is 2. The minimum absolute atomic E-state index is 0.235. The van der Waals surface area contributed by atoms with Gasteiger partial charge in [0.2, 0.25) is 5.13 Å². The van der Waals surface area contributed by atoms with Gasteiger partial charge in [-0.1, -0.05) is 34.2 Å². The average Bonchev–Trinajstić information content (AvgIpc) is 2.87. The van der Waals surface area contributed by atoms with Crippen molar-refractivity contribution < 1.29 is 4.74 Å². The van der Waals surface area contributed by atoms with Crippen LogP contribution < -0.4 is 10.1 Å². The van der Waals surface area contributed by atoms with Gasteiger partial charge < -0.3 is 10.1 Å². The Bertz CT molecular complexity index is 587. The minimum atomic E-state index is 0.235. The molecular formula is C13H14BrN3OS. The number of aromatic nitrogens is 2. The molecule has 1 unspecified atom stereocenters. The van der Waals surface area contributed by atoms with E-state index >= 15 is 0 Å². The Labute approximate surface area is 124 Å². The van der Waals surface area contributed by atoms with Gasteiger partial charge in [0.1, 0.15) is 10.8 Å². The molecule has 6 heteroatoms. The Morgan fingerprint density at radius 1 is 1.47 bits per heavy atom. The maximum absolute atomic E-state index is 5.68. The maximum Gasteiger partial charge on any atom is 0.206 e. The second-order valence-corrected chi connectivity index (χ2v) is 6.35. The number of fused-ring (bicyclic) bond motifs is 1. The van der Waals surface area contributed by atoms with Crippen molar-refractivity contribution in [2.45, 2.75) is 25.8 Å². The summed E-state index contributed by atoms with van der Waals surface area (Å²) in [6, 6.07) is 6.35. The van der Waals surface area contributed by atoms with Gasteiger partial charge >= 0.3 is 0 Å². The van der Waals surface area contributed by atoms with Gasteiger partial charge in [-0.3, -0.25) is 0 Å². The van der Waals surface area contributed by atoms with Gasteiger partial charge in [0.25, 0.3) is 0 Å². The molecule has 0 saturated carbocycles. The molecular weight excluding hydrogens is 326 g/mol. The third-order valence-electron chi connectivity index (χ3n) is 3.08. The van der Waals surface area contributed by atoms with Crippen LogP contribution in [0.25, 0.3) is 0 Å². The van der Waals surface area contributed by atoms with Gasteiger partial charge in [-0.2, -0.15) is 0 Å². The van der Waals surface area contributed by atoms with E-state index in [0.717, 1.165) is 39.8 Å². The smallest absolute Gasteiger partial charge is 0.206 e. The van der Waals surface area contributed by atoms with Crippen LogP contribution in [-0.4, -0.2) is 16.8 Å². The Morgan fingerprint density at radius 2 is 2.37 bits per heavy atom. The Morgan fingerprint density at radius 3 is 3.16 bits per heavy atom. The molecule has 1 aromatic carbocycles. The fraction of sp³-hybridized carbons (Fsp3) is 0.385. The molecule has 2 aromatic rings. The van der Waals surface area contributed by atoms with Crippen molar-refractivity contribution in [3.8, 4) is 5.75 Å². The van der Waals surface area contributed by atoms with E-state index in [0.29, 0.717) is 0 Å². The van der Waals surface area contributed by atoms with Crippen LogP contribution in [0.5, 0.6) is 5.75 Å². The van der Waals surface area contributed by atoms with Gasteiger partial charge in [0.15, 0.2) is 0 Å². The van der Waals surface area contributed by atoms with Crippen LogP contribution in [0.3, 0.4) is 0 Å². The van der Waals surface area contributed by atoms with Crippen molar-refractivity contribution in [2.75, 3.05) is 11.9 Å². The first-order chi connectivity index (χ1) is 9.26. The monoisotopic (exact) mass is 339 g/mol. The summed E-state index contributed by atoms with van der Waals surface area (Å²) >= 11 is 5.13. The van der Waals surface area contributed by atoms with Crippen LogP contribution in [-0.2, 0) is 6.42 Å². The second kappa shape index (κ2) is 5.46. The van der Waals surface area contributed by atoms with Crippen LogP contribution in [0.15, 0.2) is 22.7 Å². The van der Waals surface area contributed by atoms with Crippen LogP contribution in [0, 0.1) is 0 Å². The number of hydrogen-bond acceptors (Lipinski definition) is 5. The maximum atomic E-state index is 5.68. The molecule has 0 amide bonds. The van der Waals surface area contributed by atoms with E-state index in [2.05, 4.69) is 44.4 Å². The highest BCUT2D eigenvalue weighted by Crippen LogP contribution is 2.36. The molecule has 1 aromatic heterocycles. The first-order valence-electron chi connectivity index (χ1n) is 6.27. The average molecular weight is 340 g/mol. The molecule has 3 rings (SSSR count). The molecule has 1 aliphatic rings. The standard InChI is InChI=1S/C13H14BrN3OS/c1-2-12-16-17-13(19-12)15-10-5-6-18-11-4-3-8(14)7-9(10)11/h3-4,7,10H,2,5-6H2,1H3,(H,15,17). The fourth-order valence-electron chi connectivity index (χ4n) is 2.12. The van der Waals surface area contributed by atoms with Crippen molar-refractivity contribution in [3.05, 3.63) is 33.2 Å². The number of anilines is 1. The van der Waals surface area contributed by atoms with Gasteiger partial charge in [0.05, 0.1) is 12.6 Å². The highest BCUT2D eigenvalue weighted by molar-refractivity contribution is 9.10. The number of nitrogens with one attached hydrogen (secondary N) is 1. The first-order valence-corrected chi connectivity index (χ1v) is 7.88. The summed E-state index contributed by atoms with van der Waals surface area (Å²) < 4.78 is 6.74. The van der Waals surface area contributed by atoms with E-state index < -0.39 is 0 Å². The number of halogens is 1. The van der Waals surface area contributed by atoms with Gasteiger partial charge in [-0.25, -0.2) is 0 Å². The molecule has 0 fully saturated rings. The third-order valence-corrected chi connectivity index (χ3v) is 4.57. The summed E-state index contributed by atoms with van der Waals surface area (Å²) in [4.78, 5) is 0. The summed E-state index contributed by atoms with van der Waals surface area (Å²) in [5, 5.41) is 13.7. The number of benzene rings is 1. The van der Waals surface area contributed by atoms with Crippen molar-refractivity contribution in [1.29, 1.82) is 0 Å². The lowest BCUT2D eigenvalue weighted by atomic mass is 10.0. The van der Waals surface area contributed by atoms with Crippen LogP contribution in [0.2, 0.25) is 0 Å². The number of aryl methyl sites for hydroxylation is 1. The third kappa shape index (κ3) is 2.74. The largest absolute Gasteiger partial charge is 0.493 e. The second-order valence-electron chi connectivity index (χ2n) is 4.37. The Balaban J connectivity index is 1.84. The molecule has 100 valence electrons. The fourth-order valence-corrected chi connectivity index (χ4v) is 3.23. The summed E-state index contributed by atoms with van der Waals surface area (Å²) in [5.74, 6) is 0.951. The molecule has 0 radical (unpaired) electrons. The summed E-state index contributed by atoms with van der Waals surface area (Å²) in [5.41, 5.74) is 1.17. The highest BCUT2D eigenvalue weighted by Gasteiger charge is 2.22. The van der Waals surface area contributed by atoms with Gasteiger partial charge in [-0.05, 0) is 24.6 Å². The molecule has 0 aliphatic carbocycles. The first kappa shape index (κ1) is 12.9. The zero-order valence-electron chi connectivity index (χ0n) is 10.5. The van der Waals surface area contributed by atoms with E-state index in [4.69, 9.17) is 4.74 Å². The normalized spacial score (nSPS) is 17.7. The Kier molecular flexibility index (Phi) is 3.70. The van der Waals surface area contributed by atoms with E-state index in [1.165, 1.54) is 5.56 Å². The zero-order valence-corrected chi connectivity index (χ0v) is 12.9. The van der Waals surface area contributed by atoms with Crippen molar-refractivity contribution in [1.82, 2.24) is 10.2 Å². The molecule has 2 heterocycles. The van der Waals surface area contributed by atoms with Gasteiger partial charge in [0, 0.05) is 16.5 Å². The minimum Gasteiger partial charge on any atom is -0.493 e. The van der Waals surface area contributed by atoms with E-state index in [9.17, 15) is 0 Å². The number of hydrogen-bond donors (Lipinski definition) is 1. The lowest BCUT2D eigenvalue weighted by Gasteiger charge is -2.26. The molecule has 19 heavy (non-hydrogen) atoms. The molecule has 0 saturated heterocycles. The summed E-state index contributed by atoms with van der Waals surface area (Å²) in [6.07, 6.45) is 1.86. The quantitative estimate of drug-likeness (QED) is 0.923. The van der Waals surface area contributed by atoms with Crippen LogP contribution >= 0.6 is 27.3 Å². The molecule has 0 bridgehead atoms. The Hall–Kier alpha value is -1.14. The summed E-state index contributed by atoms with van der Waals surface area (Å²) in [7, 11) is 0.